The number of hydrogen-bond acceptors (Lipinski definition) is 5. The van der Waals surface area contributed by atoms with Crippen LogP contribution in [0.15, 0.2) is 36.4 Å². The molecule has 2 amide bonds. The van der Waals surface area contributed by atoms with E-state index in [-0.39, 0.29) is 17.9 Å². The number of ether oxygens (including phenoxy) is 1. The molecule has 34 heavy (non-hydrogen) atoms. The van der Waals surface area contributed by atoms with E-state index in [1.54, 1.807) is 12.1 Å². The summed E-state index contributed by atoms with van der Waals surface area (Å²) in [7, 11) is 3.92. The SMILES string of the molecule is CCc1nc2c(cc1NC(=O)c1ccccc1)c(OC(C)C)c(C(=O)N1CCN(C)CC1)n2C. The highest BCUT2D eigenvalue weighted by atomic mass is 16.5. The van der Waals surface area contributed by atoms with Crippen molar-refractivity contribution in [1.82, 2.24) is 19.4 Å². The number of fused-ring (bicyclic) bond motifs is 1. The van der Waals surface area contributed by atoms with Gasteiger partial charge in [-0.2, -0.15) is 0 Å². The van der Waals surface area contributed by atoms with Crippen molar-refractivity contribution < 1.29 is 14.3 Å². The molecule has 3 heterocycles. The van der Waals surface area contributed by atoms with Gasteiger partial charge in [0.1, 0.15) is 5.65 Å². The Kier molecular flexibility index (Phi) is 6.88. The van der Waals surface area contributed by atoms with E-state index < -0.39 is 0 Å². The molecule has 180 valence electrons. The van der Waals surface area contributed by atoms with E-state index >= 15 is 0 Å². The summed E-state index contributed by atoms with van der Waals surface area (Å²) in [5.74, 6) is 0.256. The molecule has 0 aliphatic carbocycles. The first-order chi connectivity index (χ1) is 16.3. The fourth-order valence-electron chi connectivity index (χ4n) is 4.27. The van der Waals surface area contributed by atoms with Crippen LogP contribution >= 0.6 is 0 Å². The molecular formula is C26H33N5O3. The lowest BCUT2D eigenvalue weighted by Gasteiger charge is -2.32. The molecule has 0 spiro atoms. The molecule has 0 unspecified atom stereocenters. The first kappa shape index (κ1) is 23.8. The Bertz CT molecular complexity index is 1190. The van der Waals surface area contributed by atoms with E-state index in [0.717, 1.165) is 18.8 Å². The third-order valence-corrected chi connectivity index (χ3v) is 6.16. The van der Waals surface area contributed by atoms with Gasteiger partial charge in [-0.15, -0.1) is 0 Å². The van der Waals surface area contributed by atoms with Crippen LogP contribution in [0.2, 0.25) is 0 Å². The molecule has 2 aromatic heterocycles. The predicted molar refractivity (Wildman–Crippen MR) is 134 cm³/mol. The molecule has 0 bridgehead atoms. The average Bonchev–Trinajstić information content (AvgIpc) is 3.09. The van der Waals surface area contributed by atoms with Crippen LogP contribution in [-0.4, -0.2) is 70.5 Å². The third-order valence-electron chi connectivity index (χ3n) is 6.16. The van der Waals surface area contributed by atoms with Gasteiger partial charge in [0.15, 0.2) is 11.4 Å². The van der Waals surface area contributed by atoms with Gasteiger partial charge in [0.05, 0.1) is 22.9 Å². The minimum Gasteiger partial charge on any atom is -0.488 e. The van der Waals surface area contributed by atoms with E-state index in [2.05, 4.69) is 17.3 Å². The minimum absolute atomic E-state index is 0.0582. The highest BCUT2D eigenvalue weighted by molar-refractivity contribution is 6.07. The summed E-state index contributed by atoms with van der Waals surface area (Å²) in [6.07, 6.45) is 0.506. The smallest absolute Gasteiger partial charge is 0.274 e. The molecule has 4 rings (SSSR count). The maximum Gasteiger partial charge on any atom is 0.274 e. The van der Waals surface area contributed by atoms with Crippen molar-refractivity contribution in [3.63, 3.8) is 0 Å². The van der Waals surface area contributed by atoms with Crippen molar-refractivity contribution in [1.29, 1.82) is 0 Å². The number of pyridine rings is 1. The fourth-order valence-corrected chi connectivity index (χ4v) is 4.27. The van der Waals surface area contributed by atoms with Crippen molar-refractivity contribution in [2.45, 2.75) is 33.3 Å². The number of nitrogens with one attached hydrogen (secondary N) is 1. The lowest BCUT2D eigenvalue weighted by Crippen LogP contribution is -2.47. The molecule has 1 fully saturated rings. The van der Waals surface area contributed by atoms with Crippen LogP contribution in [0.1, 0.15) is 47.3 Å². The van der Waals surface area contributed by atoms with E-state index in [0.29, 0.717) is 53.2 Å². The van der Waals surface area contributed by atoms with Crippen molar-refractivity contribution in [2.24, 2.45) is 7.05 Å². The maximum absolute atomic E-state index is 13.6. The number of amides is 2. The summed E-state index contributed by atoms with van der Waals surface area (Å²) < 4.78 is 8.03. The molecule has 8 nitrogen and oxygen atoms in total. The fraction of sp³-hybridized carbons (Fsp3) is 0.423. The Hall–Kier alpha value is -3.39. The number of aryl methyl sites for hydroxylation is 2. The first-order valence-electron chi connectivity index (χ1n) is 11.8. The topological polar surface area (TPSA) is 79.7 Å². The molecule has 1 aromatic carbocycles. The zero-order valence-corrected chi connectivity index (χ0v) is 20.6. The Morgan fingerprint density at radius 3 is 2.38 bits per heavy atom. The number of hydrogen-bond donors (Lipinski definition) is 1. The molecule has 1 aliphatic heterocycles. The standard InChI is InChI=1S/C26H33N5O3/c1-6-20-21(28-25(32)18-10-8-7-9-11-18)16-19-23(34-17(2)3)22(30(5)24(19)27-20)26(33)31-14-12-29(4)13-15-31/h7-11,16-17H,6,12-15H2,1-5H3,(H,28,32). The van der Waals surface area contributed by atoms with Crippen LogP contribution in [0.25, 0.3) is 11.0 Å². The third kappa shape index (κ3) is 4.63. The highest BCUT2D eigenvalue weighted by Crippen LogP contribution is 2.36. The number of aromatic nitrogens is 2. The Morgan fingerprint density at radius 2 is 1.76 bits per heavy atom. The van der Waals surface area contributed by atoms with Crippen LogP contribution in [-0.2, 0) is 13.5 Å². The summed E-state index contributed by atoms with van der Waals surface area (Å²) in [6.45, 7) is 8.89. The van der Waals surface area contributed by atoms with Crippen LogP contribution in [0, 0.1) is 0 Å². The Morgan fingerprint density at radius 1 is 1.09 bits per heavy atom. The van der Waals surface area contributed by atoms with Gasteiger partial charge in [0, 0.05) is 38.8 Å². The summed E-state index contributed by atoms with van der Waals surface area (Å²) in [5, 5.41) is 3.73. The molecular weight excluding hydrogens is 430 g/mol. The van der Waals surface area contributed by atoms with Crippen molar-refractivity contribution in [2.75, 3.05) is 38.5 Å². The highest BCUT2D eigenvalue weighted by Gasteiger charge is 2.30. The number of nitrogens with zero attached hydrogens (tertiary/aromatic N) is 4. The largest absolute Gasteiger partial charge is 0.488 e. The molecule has 1 N–H and O–H groups in total. The number of rotatable bonds is 6. The second-order valence-electron chi connectivity index (χ2n) is 9.03. The lowest BCUT2D eigenvalue weighted by atomic mass is 10.1. The minimum atomic E-state index is -0.201. The van der Waals surface area contributed by atoms with Gasteiger partial charge >= 0.3 is 0 Å². The van der Waals surface area contributed by atoms with Crippen LogP contribution in [0.4, 0.5) is 5.69 Å². The van der Waals surface area contributed by atoms with Crippen molar-refractivity contribution >= 4 is 28.5 Å². The molecule has 3 aromatic rings. The zero-order chi connectivity index (χ0) is 24.4. The van der Waals surface area contributed by atoms with Gasteiger partial charge in [0.25, 0.3) is 11.8 Å². The lowest BCUT2D eigenvalue weighted by molar-refractivity contribution is 0.0648. The van der Waals surface area contributed by atoms with Crippen LogP contribution < -0.4 is 10.1 Å². The normalized spacial score (nSPS) is 14.6. The van der Waals surface area contributed by atoms with E-state index in [1.165, 1.54) is 0 Å². The molecule has 1 aliphatic rings. The molecule has 8 heteroatoms. The van der Waals surface area contributed by atoms with Gasteiger partial charge in [-0.25, -0.2) is 4.98 Å². The van der Waals surface area contributed by atoms with E-state index in [4.69, 9.17) is 9.72 Å². The predicted octanol–water partition coefficient (Wildman–Crippen LogP) is 3.56. The summed E-state index contributed by atoms with van der Waals surface area (Å²) >= 11 is 0. The van der Waals surface area contributed by atoms with E-state index in [1.807, 2.05) is 61.6 Å². The average molecular weight is 464 g/mol. The molecule has 0 saturated carbocycles. The molecule has 1 saturated heterocycles. The second-order valence-corrected chi connectivity index (χ2v) is 9.03. The molecule has 0 atom stereocenters. The summed E-state index contributed by atoms with van der Waals surface area (Å²) in [5.41, 5.74) is 3.12. The summed E-state index contributed by atoms with van der Waals surface area (Å²) in [4.78, 5) is 35.4. The number of carbonyl (C=O) groups is 2. The Labute approximate surface area is 200 Å². The number of piperazine rings is 1. The van der Waals surface area contributed by atoms with Crippen LogP contribution in [0.5, 0.6) is 5.75 Å². The summed E-state index contributed by atoms with van der Waals surface area (Å²) in [6, 6.07) is 11.0. The monoisotopic (exact) mass is 463 g/mol. The van der Waals surface area contributed by atoms with Crippen LogP contribution in [0.3, 0.4) is 0 Å². The van der Waals surface area contributed by atoms with Crippen molar-refractivity contribution in [3.05, 3.63) is 53.3 Å². The quantitative estimate of drug-likeness (QED) is 0.605. The number of anilines is 1. The van der Waals surface area contributed by atoms with Gasteiger partial charge < -0.3 is 24.4 Å². The molecule has 0 radical (unpaired) electrons. The number of benzene rings is 1. The number of carbonyl (C=O) groups excluding carboxylic acids is 2. The van der Waals surface area contributed by atoms with Gasteiger partial charge in [-0.05, 0) is 45.5 Å². The van der Waals surface area contributed by atoms with E-state index in [9.17, 15) is 9.59 Å². The zero-order valence-electron chi connectivity index (χ0n) is 20.6. The van der Waals surface area contributed by atoms with Gasteiger partial charge in [0.2, 0.25) is 0 Å². The second kappa shape index (κ2) is 9.85. The first-order valence-corrected chi connectivity index (χ1v) is 11.8. The number of likely N-dealkylation sites (N-methyl/N-ethyl adjacent to an activating group) is 1. The van der Waals surface area contributed by atoms with Gasteiger partial charge in [-0.3, -0.25) is 9.59 Å². The maximum atomic E-state index is 13.6. The van der Waals surface area contributed by atoms with Gasteiger partial charge in [-0.1, -0.05) is 25.1 Å². The Balaban J connectivity index is 1.80. The van der Waals surface area contributed by atoms with Crippen molar-refractivity contribution in [3.8, 4) is 5.75 Å².